The molecular formula is C23H33IN4OS. The summed E-state index contributed by atoms with van der Waals surface area (Å²) in [6.45, 7) is 10.2. The Balaban J connectivity index is 0.00000320. The lowest BCUT2D eigenvalue weighted by molar-refractivity contribution is 0.122. The second kappa shape index (κ2) is 13.8. The minimum Gasteiger partial charge on any atom is -0.378 e. The van der Waals surface area contributed by atoms with Gasteiger partial charge in [0, 0.05) is 42.0 Å². The van der Waals surface area contributed by atoms with Gasteiger partial charge in [0.1, 0.15) is 0 Å². The number of aliphatic imine (C=N–C) groups is 1. The van der Waals surface area contributed by atoms with Crippen LogP contribution < -0.4 is 15.5 Å². The van der Waals surface area contributed by atoms with Crippen LogP contribution in [-0.2, 0) is 11.3 Å². The molecule has 1 aliphatic heterocycles. The lowest BCUT2D eigenvalue weighted by atomic mass is 10.1. The molecule has 164 valence electrons. The molecule has 1 atom stereocenters. The zero-order valence-corrected chi connectivity index (χ0v) is 21.0. The molecular weight excluding hydrogens is 507 g/mol. The van der Waals surface area contributed by atoms with Crippen LogP contribution in [0.3, 0.4) is 0 Å². The van der Waals surface area contributed by atoms with E-state index in [2.05, 4.69) is 84.0 Å². The molecule has 0 saturated carbocycles. The van der Waals surface area contributed by atoms with E-state index >= 15 is 0 Å². The Kier molecular flexibility index (Phi) is 11.4. The van der Waals surface area contributed by atoms with Crippen molar-refractivity contribution in [3.63, 3.8) is 0 Å². The van der Waals surface area contributed by atoms with E-state index in [9.17, 15) is 0 Å². The molecule has 0 aromatic heterocycles. The summed E-state index contributed by atoms with van der Waals surface area (Å²) in [7, 11) is 0. The second-order valence-electron chi connectivity index (χ2n) is 7.05. The Morgan fingerprint density at radius 1 is 1.07 bits per heavy atom. The summed E-state index contributed by atoms with van der Waals surface area (Å²) in [5.41, 5.74) is 2.52. The van der Waals surface area contributed by atoms with Gasteiger partial charge in [-0.25, -0.2) is 4.99 Å². The Labute approximate surface area is 202 Å². The van der Waals surface area contributed by atoms with Gasteiger partial charge in [-0.05, 0) is 30.7 Å². The van der Waals surface area contributed by atoms with Crippen LogP contribution in [0.5, 0.6) is 0 Å². The summed E-state index contributed by atoms with van der Waals surface area (Å²) >= 11 is 1.88. The van der Waals surface area contributed by atoms with Crippen molar-refractivity contribution in [2.75, 3.05) is 44.3 Å². The van der Waals surface area contributed by atoms with E-state index in [0.717, 1.165) is 45.4 Å². The third-order valence-electron chi connectivity index (χ3n) is 4.73. The van der Waals surface area contributed by atoms with E-state index in [-0.39, 0.29) is 24.0 Å². The van der Waals surface area contributed by atoms with Gasteiger partial charge in [0.2, 0.25) is 0 Å². The van der Waals surface area contributed by atoms with Gasteiger partial charge in [-0.15, -0.1) is 35.7 Å². The third-order valence-corrected chi connectivity index (χ3v) is 5.85. The molecule has 1 heterocycles. The number of nitrogens with one attached hydrogen (secondary N) is 2. The molecule has 1 fully saturated rings. The summed E-state index contributed by atoms with van der Waals surface area (Å²) < 4.78 is 5.50. The number of hydrogen-bond donors (Lipinski definition) is 2. The number of anilines is 1. The fraction of sp³-hybridized carbons (Fsp3) is 0.435. The zero-order valence-electron chi connectivity index (χ0n) is 17.8. The maximum atomic E-state index is 5.50. The van der Waals surface area contributed by atoms with Gasteiger partial charge in [-0.1, -0.05) is 43.3 Å². The fourth-order valence-electron chi connectivity index (χ4n) is 3.28. The molecule has 1 aliphatic rings. The summed E-state index contributed by atoms with van der Waals surface area (Å²) in [6.07, 6.45) is 0. The fourth-order valence-corrected chi connectivity index (χ4v) is 4.22. The van der Waals surface area contributed by atoms with Crippen molar-refractivity contribution in [3.05, 3.63) is 60.2 Å². The Morgan fingerprint density at radius 2 is 1.77 bits per heavy atom. The van der Waals surface area contributed by atoms with Crippen LogP contribution in [0, 0.1) is 0 Å². The molecule has 0 bridgehead atoms. The minimum atomic E-state index is 0. The Morgan fingerprint density at radius 3 is 2.50 bits per heavy atom. The average molecular weight is 541 g/mol. The molecule has 2 aromatic carbocycles. The van der Waals surface area contributed by atoms with Crippen LogP contribution in [0.1, 0.15) is 19.4 Å². The normalized spacial score (nSPS) is 15.3. The number of para-hydroxylation sites is 1. The van der Waals surface area contributed by atoms with Crippen molar-refractivity contribution < 1.29 is 4.74 Å². The molecule has 2 aromatic rings. The van der Waals surface area contributed by atoms with Crippen LogP contribution in [0.2, 0.25) is 0 Å². The highest BCUT2D eigenvalue weighted by atomic mass is 127. The summed E-state index contributed by atoms with van der Waals surface area (Å²) in [6, 6.07) is 19.1. The zero-order chi connectivity index (χ0) is 20.3. The maximum Gasteiger partial charge on any atom is 0.191 e. The molecule has 30 heavy (non-hydrogen) atoms. The number of ether oxygens (including phenoxy) is 1. The van der Waals surface area contributed by atoms with Gasteiger partial charge in [0.05, 0.1) is 19.8 Å². The SMILES string of the molecule is CCNC(=NCc1ccccc1N1CCOCC1)NCC(C)Sc1ccccc1.I. The van der Waals surface area contributed by atoms with Gasteiger partial charge in [-0.3, -0.25) is 0 Å². The van der Waals surface area contributed by atoms with Crippen LogP contribution in [0.25, 0.3) is 0 Å². The molecule has 0 spiro atoms. The number of benzene rings is 2. The van der Waals surface area contributed by atoms with Crippen molar-refractivity contribution in [1.82, 2.24) is 10.6 Å². The van der Waals surface area contributed by atoms with Gasteiger partial charge < -0.3 is 20.3 Å². The number of guanidine groups is 1. The van der Waals surface area contributed by atoms with Gasteiger partial charge >= 0.3 is 0 Å². The molecule has 7 heteroatoms. The molecule has 1 saturated heterocycles. The van der Waals surface area contributed by atoms with Crippen LogP contribution in [0.4, 0.5) is 5.69 Å². The predicted molar refractivity (Wildman–Crippen MR) is 139 cm³/mol. The smallest absolute Gasteiger partial charge is 0.191 e. The molecule has 0 radical (unpaired) electrons. The molecule has 3 rings (SSSR count). The van der Waals surface area contributed by atoms with Gasteiger partial charge in [0.15, 0.2) is 5.96 Å². The first-order chi connectivity index (χ1) is 14.3. The highest BCUT2D eigenvalue weighted by molar-refractivity contribution is 14.0. The monoisotopic (exact) mass is 540 g/mol. The molecule has 0 amide bonds. The molecule has 5 nitrogen and oxygen atoms in total. The van der Waals surface area contributed by atoms with Crippen molar-refractivity contribution in [2.45, 2.75) is 30.5 Å². The summed E-state index contributed by atoms with van der Waals surface area (Å²) in [5, 5.41) is 7.31. The summed E-state index contributed by atoms with van der Waals surface area (Å²) in [4.78, 5) is 8.54. The predicted octanol–water partition coefficient (Wildman–Crippen LogP) is 4.38. The van der Waals surface area contributed by atoms with Crippen molar-refractivity contribution in [3.8, 4) is 0 Å². The first-order valence-corrected chi connectivity index (χ1v) is 11.3. The van der Waals surface area contributed by atoms with Crippen molar-refractivity contribution >= 4 is 47.4 Å². The van der Waals surface area contributed by atoms with E-state index in [4.69, 9.17) is 9.73 Å². The summed E-state index contributed by atoms with van der Waals surface area (Å²) in [5.74, 6) is 0.866. The number of morpholine rings is 1. The van der Waals surface area contributed by atoms with Crippen LogP contribution in [-0.4, -0.2) is 50.6 Å². The lowest BCUT2D eigenvalue weighted by Crippen LogP contribution is -2.40. The van der Waals surface area contributed by atoms with E-state index in [0.29, 0.717) is 11.8 Å². The topological polar surface area (TPSA) is 48.9 Å². The van der Waals surface area contributed by atoms with Crippen LogP contribution in [0.15, 0.2) is 64.5 Å². The molecule has 0 aliphatic carbocycles. The number of nitrogens with zero attached hydrogens (tertiary/aromatic N) is 2. The Hall–Kier alpha value is -1.45. The Bertz CT molecular complexity index is 769. The van der Waals surface area contributed by atoms with Gasteiger partial charge in [0.25, 0.3) is 0 Å². The second-order valence-corrected chi connectivity index (χ2v) is 8.56. The van der Waals surface area contributed by atoms with Crippen LogP contribution >= 0.6 is 35.7 Å². The number of halogens is 1. The average Bonchev–Trinajstić information content (AvgIpc) is 2.77. The van der Waals surface area contributed by atoms with Gasteiger partial charge in [-0.2, -0.15) is 0 Å². The minimum absolute atomic E-state index is 0. The molecule has 1 unspecified atom stereocenters. The standard InChI is InChI=1S/C23H32N4OS.HI/c1-3-24-23(25-17-19(2)29-21-10-5-4-6-11-21)26-18-20-9-7-8-12-22(20)27-13-15-28-16-14-27;/h4-12,19H,3,13-18H2,1-2H3,(H2,24,25,26);1H. The van der Waals surface area contributed by atoms with E-state index in [1.807, 2.05) is 11.8 Å². The quantitative estimate of drug-likeness (QED) is 0.225. The maximum absolute atomic E-state index is 5.50. The van der Waals surface area contributed by atoms with Crippen molar-refractivity contribution in [1.29, 1.82) is 0 Å². The van der Waals surface area contributed by atoms with Crippen molar-refractivity contribution in [2.24, 2.45) is 4.99 Å². The van der Waals surface area contributed by atoms with E-state index in [1.54, 1.807) is 0 Å². The largest absolute Gasteiger partial charge is 0.378 e. The lowest BCUT2D eigenvalue weighted by Gasteiger charge is -2.30. The van der Waals surface area contributed by atoms with E-state index < -0.39 is 0 Å². The number of hydrogen-bond acceptors (Lipinski definition) is 4. The first-order valence-electron chi connectivity index (χ1n) is 10.4. The number of rotatable bonds is 8. The third kappa shape index (κ3) is 8.00. The number of thioether (sulfide) groups is 1. The highest BCUT2D eigenvalue weighted by Gasteiger charge is 2.14. The van der Waals surface area contributed by atoms with E-state index in [1.165, 1.54) is 16.1 Å². The highest BCUT2D eigenvalue weighted by Crippen LogP contribution is 2.23. The molecule has 2 N–H and O–H groups in total. The first kappa shape index (κ1) is 24.8.